The summed E-state index contributed by atoms with van der Waals surface area (Å²) < 4.78 is 0. The fourth-order valence-electron chi connectivity index (χ4n) is 2.72. The number of amides is 1. The van der Waals surface area contributed by atoms with Crippen LogP contribution in [0.5, 0.6) is 0 Å². The van der Waals surface area contributed by atoms with Crippen molar-refractivity contribution in [3.63, 3.8) is 0 Å². The molecule has 0 saturated carbocycles. The summed E-state index contributed by atoms with van der Waals surface area (Å²) in [6.07, 6.45) is 0.963. The maximum absolute atomic E-state index is 12.5. The van der Waals surface area contributed by atoms with Gasteiger partial charge in [0, 0.05) is 37.0 Å². The number of anilines is 1. The van der Waals surface area contributed by atoms with Crippen molar-refractivity contribution < 1.29 is 4.79 Å². The van der Waals surface area contributed by atoms with E-state index >= 15 is 0 Å². The highest BCUT2D eigenvalue weighted by molar-refractivity contribution is 5.81. The van der Waals surface area contributed by atoms with Crippen LogP contribution in [0.4, 0.5) is 5.82 Å². The van der Waals surface area contributed by atoms with Crippen molar-refractivity contribution in [1.82, 2.24) is 15.1 Å². The molecule has 2 heterocycles. The van der Waals surface area contributed by atoms with Gasteiger partial charge in [0.15, 0.2) is 5.82 Å². The van der Waals surface area contributed by atoms with Crippen LogP contribution in [0.3, 0.4) is 0 Å². The third-order valence-electron chi connectivity index (χ3n) is 4.17. The minimum absolute atomic E-state index is 0.0141. The second-order valence-corrected chi connectivity index (χ2v) is 8.41. The minimum Gasteiger partial charge on any atom is -0.353 e. The van der Waals surface area contributed by atoms with E-state index in [-0.39, 0.29) is 16.7 Å². The zero-order valence-corrected chi connectivity index (χ0v) is 15.4. The van der Waals surface area contributed by atoms with Gasteiger partial charge in [-0.3, -0.25) is 4.79 Å². The maximum Gasteiger partial charge on any atom is 0.228 e. The molecule has 23 heavy (non-hydrogen) atoms. The van der Waals surface area contributed by atoms with E-state index in [9.17, 15) is 4.79 Å². The number of hydrogen-bond acceptors (Lipinski definition) is 4. The van der Waals surface area contributed by atoms with Gasteiger partial charge in [0.05, 0.1) is 5.69 Å². The topological polar surface area (TPSA) is 49.3 Å². The van der Waals surface area contributed by atoms with E-state index in [1.807, 2.05) is 25.7 Å². The molecule has 5 nitrogen and oxygen atoms in total. The lowest BCUT2D eigenvalue weighted by atomic mass is 9.92. The molecule has 0 aromatic carbocycles. The largest absolute Gasteiger partial charge is 0.353 e. The van der Waals surface area contributed by atoms with Crippen molar-refractivity contribution in [3.05, 3.63) is 17.8 Å². The molecular weight excluding hydrogens is 288 g/mol. The minimum atomic E-state index is -0.316. The first-order chi connectivity index (χ1) is 10.6. The van der Waals surface area contributed by atoms with Crippen LogP contribution in [0.2, 0.25) is 0 Å². The highest BCUT2D eigenvalue weighted by Crippen LogP contribution is 2.22. The quantitative estimate of drug-likeness (QED) is 0.799. The van der Waals surface area contributed by atoms with Crippen LogP contribution in [0.1, 0.15) is 53.7 Å². The van der Waals surface area contributed by atoms with E-state index in [4.69, 9.17) is 0 Å². The van der Waals surface area contributed by atoms with Gasteiger partial charge in [-0.25, -0.2) is 0 Å². The average molecular weight is 318 g/mol. The third-order valence-corrected chi connectivity index (χ3v) is 4.17. The van der Waals surface area contributed by atoms with Crippen LogP contribution >= 0.6 is 0 Å². The molecule has 0 aliphatic carbocycles. The second kappa shape index (κ2) is 6.46. The number of hydrogen-bond donors (Lipinski definition) is 0. The Kier molecular flexibility index (Phi) is 4.97. The molecule has 5 heteroatoms. The van der Waals surface area contributed by atoms with Gasteiger partial charge in [-0.1, -0.05) is 41.5 Å². The molecule has 1 saturated heterocycles. The lowest BCUT2D eigenvalue weighted by Gasteiger charge is -2.28. The number of rotatable bonds is 1. The molecule has 1 aromatic rings. The molecule has 0 bridgehead atoms. The van der Waals surface area contributed by atoms with E-state index in [2.05, 4.69) is 48.0 Å². The zero-order valence-electron chi connectivity index (χ0n) is 15.4. The van der Waals surface area contributed by atoms with Crippen LogP contribution in [0.15, 0.2) is 12.1 Å². The molecule has 1 aromatic heterocycles. The molecule has 1 amide bonds. The summed E-state index contributed by atoms with van der Waals surface area (Å²) in [6, 6.07) is 4.11. The smallest absolute Gasteiger partial charge is 0.228 e. The molecule has 1 fully saturated rings. The number of nitrogens with zero attached hydrogens (tertiary/aromatic N) is 4. The summed E-state index contributed by atoms with van der Waals surface area (Å²) in [4.78, 5) is 16.7. The molecule has 2 rings (SSSR count). The van der Waals surface area contributed by atoms with Gasteiger partial charge >= 0.3 is 0 Å². The van der Waals surface area contributed by atoms with E-state index in [0.717, 1.165) is 44.1 Å². The van der Waals surface area contributed by atoms with Gasteiger partial charge in [-0.05, 0) is 18.6 Å². The molecule has 0 atom stereocenters. The van der Waals surface area contributed by atoms with Crippen LogP contribution in [0.25, 0.3) is 0 Å². The first-order valence-corrected chi connectivity index (χ1v) is 8.47. The SMILES string of the molecule is CC(C)(C)C(=O)N1CCCN(c2ccc(C(C)(C)C)nn2)CC1. The van der Waals surface area contributed by atoms with Crippen molar-refractivity contribution in [2.45, 2.75) is 53.4 Å². The van der Waals surface area contributed by atoms with Crippen LogP contribution in [-0.4, -0.2) is 47.2 Å². The standard InChI is InChI=1S/C18H30N4O/c1-17(2,3)14-8-9-15(20-19-14)21-10-7-11-22(13-12-21)16(23)18(4,5)6/h8-9H,7,10-13H2,1-6H3. The number of carbonyl (C=O) groups is 1. The average Bonchev–Trinajstić information content (AvgIpc) is 2.70. The fraction of sp³-hybridized carbons (Fsp3) is 0.722. The van der Waals surface area contributed by atoms with Crippen molar-refractivity contribution in [1.29, 1.82) is 0 Å². The Morgan fingerprint density at radius 2 is 1.65 bits per heavy atom. The predicted molar refractivity (Wildman–Crippen MR) is 93.6 cm³/mol. The van der Waals surface area contributed by atoms with E-state index in [0.29, 0.717) is 0 Å². The Bertz CT molecular complexity index is 540. The molecule has 1 aliphatic rings. The summed E-state index contributed by atoms with van der Waals surface area (Å²) in [5.74, 6) is 1.14. The Labute approximate surface area is 140 Å². The van der Waals surface area contributed by atoms with Crippen molar-refractivity contribution in [2.75, 3.05) is 31.1 Å². The Balaban J connectivity index is 2.05. The van der Waals surface area contributed by atoms with E-state index in [1.165, 1.54) is 0 Å². The summed E-state index contributed by atoms with van der Waals surface area (Å²) >= 11 is 0. The lowest BCUT2D eigenvalue weighted by molar-refractivity contribution is -0.139. The molecule has 128 valence electrons. The van der Waals surface area contributed by atoms with Gasteiger partial charge < -0.3 is 9.80 Å². The highest BCUT2D eigenvalue weighted by Gasteiger charge is 2.28. The summed E-state index contributed by atoms with van der Waals surface area (Å²) in [6.45, 7) is 15.6. The zero-order chi connectivity index (χ0) is 17.3. The van der Waals surface area contributed by atoms with Crippen LogP contribution in [0, 0.1) is 5.41 Å². The van der Waals surface area contributed by atoms with Crippen molar-refractivity contribution >= 4 is 11.7 Å². The Hall–Kier alpha value is -1.65. The summed E-state index contributed by atoms with van der Waals surface area (Å²) in [5, 5.41) is 8.78. The molecule has 1 aliphatic heterocycles. The first-order valence-electron chi connectivity index (χ1n) is 8.47. The van der Waals surface area contributed by atoms with Gasteiger partial charge in [0.2, 0.25) is 5.91 Å². The van der Waals surface area contributed by atoms with Gasteiger partial charge in [-0.15, -0.1) is 5.10 Å². The fourth-order valence-corrected chi connectivity index (χ4v) is 2.72. The molecular formula is C18H30N4O. The van der Waals surface area contributed by atoms with Gasteiger partial charge in [0.25, 0.3) is 0 Å². The summed E-state index contributed by atoms with van der Waals surface area (Å²) in [7, 11) is 0. The monoisotopic (exact) mass is 318 g/mol. The normalized spacial score (nSPS) is 17.1. The van der Waals surface area contributed by atoms with Crippen molar-refractivity contribution in [3.8, 4) is 0 Å². The first kappa shape index (κ1) is 17.7. The molecule has 0 radical (unpaired) electrons. The second-order valence-electron chi connectivity index (χ2n) is 8.41. The van der Waals surface area contributed by atoms with Gasteiger partial charge in [-0.2, -0.15) is 5.10 Å². The Morgan fingerprint density at radius 1 is 0.957 bits per heavy atom. The molecule has 0 spiro atoms. The highest BCUT2D eigenvalue weighted by atomic mass is 16.2. The van der Waals surface area contributed by atoms with E-state index < -0.39 is 0 Å². The summed E-state index contributed by atoms with van der Waals surface area (Å²) in [5.41, 5.74) is 0.699. The predicted octanol–water partition coefficient (Wildman–Crippen LogP) is 2.86. The lowest BCUT2D eigenvalue weighted by Crippen LogP contribution is -2.41. The maximum atomic E-state index is 12.5. The van der Waals surface area contributed by atoms with Crippen LogP contribution < -0.4 is 4.90 Å². The Morgan fingerprint density at radius 3 is 2.17 bits per heavy atom. The van der Waals surface area contributed by atoms with Crippen molar-refractivity contribution in [2.24, 2.45) is 5.41 Å². The van der Waals surface area contributed by atoms with E-state index in [1.54, 1.807) is 0 Å². The van der Waals surface area contributed by atoms with Crippen LogP contribution in [-0.2, 0) is 10.2 Å². The number of aromatic nitrogens is 2. The molecule has 0 N–H and O–H groups in total. The van der Waals surface area contributed by atoms with Gasteiger partial charge in [0.1, 0.15) is 0 Å². The third kappa shape index (κ3) is 4.43. The molecule has 0 unspecified atom stereocenters. The number of carbonyl (C=O) groups excluding carboxylic acids is 1.